The number of methoxy groups -OCH3 is 2. The minimum Gasteiger partial charge on any atom is -0.492 e. The van der Waals surface area contributed by atoms with Gasteiger partial charge in [-0.05, 0) is 135 Å². The Hall–Kier alpha value is -5.46. The molecule has 2 aliphatic carbocycles. The molecule has 2 aromatic carbocycles. The maximum Gasteiger partial charge on any atom is 0.333 e. The number of benzene rings is 2. The van der Waals surface area contributed by atoms with E-state index in [2.05, 4.69) is 59.9 Å². The molecular formula is C55H76O13. The molecule has 0 atom stereocenters. The zero-order chi connectivity index (χ0) is 49.6. The third-order valence-corrected chi connectivity index (χ3v) is 13.6. The summed E-state index contributed by atoms with van der Waals surface area (Å²) in [6.07, 6.45) is 16.2. The molecule has 0 bridgehead atoms. The summed E-state index contributed by atoms with van der Waals surface area (Å²) in [5.41, 5.74) is 4.02. The van der Waals surface area contributed by atoms with E-state index in [9.17, 15) is 28.8 Å². The molecule has 0 aliphatic heterocycles. The lowest BCUT2D eigenvalue weighted by Gasteiger charge is -2.38. The molecule has 13 heteroatoms. The van der Waals surface area contributed by atoms with Gasteiger partial charge in [0.25, 0.3) is 0 Å². The number of rotatable bonds is 27. The summed E-state index contributed by atoms with van der Waals surface area (Å²) in [5.74, 6) is -1.15. The predicted molar refractivity (Wildman–Crippen MR) is 259 cm³/mol. The summed E-state index contributed by atoms with van der Waals surface area (Å²) in [6, 6.07) is 12.9. The molecule has 4 rings (SSSR count). The van der Waals surface area contributed by atoms with Gasteiger partial charge in [0.1, 0.15) is 50.4 Å². The second-order valence-corrected chi connectivity index (χ2v) is 19.0. The molecule has 0 unspecified atom stereocenters. The van der Waals surface area contributed by atoms with Crippen molar-refractivity contribution in [2.24, 2.45) is 23.2 Å². The van der Waals surface area contributed by atoms with Gasteiger partial charge in [0.15, 0.2) is 0 Å². The Bertz CT molecular complexity index is 1980. The van der Waals surface area contributed by atoms with Crippen molar-refractivity contribution >= 4 is 35.8 Å². The van der Waals surface area contributed by atoms with Gasteiger partial charge < -0.3 is 33.2 Å². The van der Waals surface area contributed by atoms with Crippen molar-refractivity contribution in [1.29, 1.82) is 0 Å². The third kappa shape index (κ3) is 17.6. The molecule has 374 valence electrons. The largest absolute Gasteiger partial charge is 0.492 e. The lowest BCUT2D eigenvalue weighted by Crippen LogP contribution is -2.44. The van der Waals surface area contributed by atoms with Crippen LogP contribution in [0.15, 0.2) is 60.7 Å². The maximum absolute atomic E-state index is 12.8. The quantitative estimate of drug-likeness (QED) is 0.0273. The van der Waals surface area contributed by atoms with Gasteiger partial charge in [-0.3, -0.25) is 19.2 Å². The van der Waals surface area contributed by atoms with Gasteiger partial charge in [-0.15, -0.1) is 0 Å². The minimum atomic E-state index is -1.55. The average Bonchev–Trinajstić information content (AvgIpc) is 3.34. The zero-order valence-electron chi connectivity index (χ0n) is 41.6. The monoisotopic (exact) mass is 945 g/mol. The van der Waals surface area contributed by atoms with Crippen LogP contribution in [0.5, 0.6) is 5.75 Å². The highest BCUT2D eigenvalue weighted by molar-refractivity contribution is 5.91. The van der Waals surface area contributed by atoms with E-state index in [-0.39, 0.29) is 18.8 Å². The molecule has 68 heavy (non-hydrogen) atoms. The van der Waals surface area contributed by atoms with Crippen molar-refractivity contribution in [3.05, 3.63) is 77.4 Å². The Morgan fingerprint density at radius 1 is 0.618 bits per heavy atom. The van der Waals surface area contributed by atoms with E-state index in [4.69, 9.17) is 23.7 Å². The topological polar surface area (TPSA) is 167 Å². The molecule has 2 aliphatic rings. The van der Waals surface area contributed by atoms with Gasteiger partial charge in [-0.2, -0.15) is 0 Å². The summed E-state index contributed by atoms with van der Waals surface area (Å²) in [4.78, 5) is 74.4. The molecular weight excluding hydrogens is 869 g/mol. The van der Waals surface area contributed by atoms with Crippen LogP contribution in [-0.4, -0.2) is 83.1 Å². The average molecular weight is 945 g/mol. The van der Waals surface area contributed by atoms with Crippen LogP contribution >= 0.6 is 0 Å². The van der Waals surface area contributed by atoms with Crippen LogP contribution in [0.2, 0.25) is 0 Å². The van der Waals surface area contributed by atoms with Crippen molar-refractivity contribution in [1.82, 2.24) is 0 Å². The SMILES string of the molecule is C=C(C)C(=O)OCCCc1cc(-c2ccc(C3CCC(C4CCC(CCCCC)CC4)CC3)cc2)c(CC)cc1OCC(COC(=O)CC(=O)OC)(COC(=O)CC(=O)OC)COC(=O)C(=C)C. The first kappa shape index (κ1) is 55.1. The molecule has 0 radical (unpaired) electrons. The Kier molecular flexibility index (Phi) is 22.8. The normalized spacial score (nSPS) is 18.1. The van der Waals surface area contributed by atoms with E-state index < -0.39 is 73.9 Å². The fourth-order valence-corrected chi connectivity index (χ4v) is 9.37. The van der Waals surface area contributed by atoms with Crippen LogP contribution in [0.4, 0.5) is 0 Å². The van der Waals surface area contributed by atoms with Crippen LogP contribution in [0.3, 0.4) is 0 Å². The first-order valence-corrected chi connectivity index (χ1v) is 24.6. The molecule has 0 heterocycles. The molecule has 2 fully saturated rings. The van der Waals surface area contributed by atoms with Crippen molar-refractivity contribution in [3.63, 3.8) is 0 Å². The number of carbonyl (C=O) groups is 6. The van der Waals surface area contributed by atoms with E-state index >= 15 is 0 Å². The highest BCUT2D eigenvalue weighted by Gasteiger charge is 2.38. The molecule has 0 spiro atoms. The van der Waals surface area contributed by atoms with Crippen molar-refractivity contribution < 1.29 is 61.9 Å². The smallest absolute Gasteiger partial charge is 0.333 e. The molecule has 13 nitrogen and oxygen atoms in total. The first-order chi connectivity index (χ1) is 32.6. The van der Waals surface area contributed by atoms with Crippen LogP contribution in [0.1, 0.15) is 147 Å². The summed E-state index contributed by atoms with van der Waals surface area (Å²) in [5, 5.41) is 0. The van der Waals surface area contributed by atoms with E-state index in [1.807, 2.05) is 13.0 Å². The molecule has 0 saturated heterocycles. The Labute approximate surface area is 404 Å². The summed E-state index contributed by atoms with van der Waals surface area (Å²) < 4.78 is 37.8. The second kappa shape index (κ2) is 28.1. The van der Waals surface area contributed by atoms with E-state index in [0.29, 0.717) is 36.5 Å². The van der Waals surface area contributed by atoms with Crippen LogP contribution in [0, 0.1) is 23.2 Å². The number of hydrogen-bond acceptors (Lipinski definition) is 13. The van der Waals surface area contributed by atoms with Gasteiger partial charge in [-0.1, -0.05) is 89.8 Å². The second-order valence-electron chi connectivity index (χ2n) is 19.0. The van der Waals surface area contributed by atoms with Crippen molar-refractivity contribution in [2.75, 3.05) is 47.3 Å². The molecule has 0 N–H and O–H groups in total. The molecule has 0 amide bonds. The summed E-state index contributed by atoms with van der Waals surface area (Å²) in [6.45, 7) is 13.0. The van der Waals surface area contributed by atoms with Gasteiger partial charge in [0.2, 0.25) is 0 Å². The highest BCUT2D eigenvalue weighted by Crippen LogP contribution is 2.45. The van der Waals surface area contributed by atoms with Gasteiger partial charge in [0.05, 0.1) is 20.8 Å². The Morgan fingerprint density at radius 2 is 1.16 bits per heavy atom. The number of esters is 6. The standard InChI is InChI=1S/C55H76O13/c1-9-11-12-14-39-16-18-41(19-17-39)42-20-22-43(23-21-42)44-24-26-45(27-25-44)47-29-46(15-13-28-64-53(60)37(3)4)48(30-40(47)10-2)65-33-55(36-68-54(61)38(5)6,34-66-51(58)31-49(56)62-7)35-67-52(59)32-50(57)63-8/h24-27,29-30,39,41-43H,3,5,9-23,28,31-36H2,1-2,4,6-8H3. The molecule has 0 aromatic heterocycles. The number of hydrogen-bond donors (Lipinski definition) is 0. The lowest BCUT2D eigenvalue weighted by molar-refractivity contribution is -0.165. The van der Waals surface area contributed by atoms with Gasteiger partial charge in [0, 0.05) is 11.1 Å². The number of ether oxygens (including phenoxy) is 7. The van der Waals surface area contributed by atoms with Crippen molar-refractivity contribution in [2.45, 2.75) is 143 Å². The number of unbranched alkanes of at least 4 members (excludes halogenated alkanes) is 2. The summed E-state index contributed by atoms with van der Waals surface area (Å²) >= 11 is 0. The van der Waals surface area contributed by atoms with Crippen LogP contribution in [-0.2, 0) is 70.0 Å². The first-order valence-electron chi connectivity index (χ1n) is 24.6. The molecule has 2 aromatic rings. The highest BCUT2D eigenvalue weighted by atomic mass is 16.6. The van der Waals surface area contributed by atoms with E-state index in [1.54, 1.807) is 6.92 Å². The minimum absolute atomic E-state index is 0.0871. The third-order valence-electron chi connectivity index (χ3n) is 13.6. The van der Waals surface area contributed by atoms with E-state index in [1.165, 1.54) is 89.5 Å². The van der Waals surface area contributed by atoms with Crippen LogP contribution < -0.4 is 4.74 Å². The van der Waals surface area contributed by atoms with Gasteiger partial charge >= 0.3 is 35.8 Å². The fraction of sp³-hybridized carbons (Fsp3) is 0.600. The Morgan fingerprint density at radius 3 is 1.69 bits per heavy atom. The fourth-order valence-electron chi connectivity index (χ4n) is 9.37. The lowest BCUT2D eigenvalue weighted by atomic mass is 9.68. The zero-order valence-corrected chi connectivity index (χ0v) is 41.6. The van der Waals surface area contributed by atoms with Crippen molar-refractivity contribution in [3.8, 4) is 16.9 Å². The predicted octanol–water partition coefficient (Wildman–Crippen LogP) is 10.3. The summed E-state index contributed by atoms with van der Waals surface area (Å²) in [7, 11) is 2.26. The van der Waals surface area contributed by atoms with Crippen LogP contribution in [0.25, 0.3) is 11.1 Å². The number of aryl methyl sites for hydroxylation is 2. The molecule has 2 saturated carbocycles. The number of carbonyl (C=O) groups excluding carboxylic acids is 6. The Balaban J connectivity index is 1.60. The maximum atomic E-state index is 12.8. The van der Waals surface area contributed by atoms with Gasteiger partial charge in [-0.25, -0.2) is 9.59 Å². The van der Waals surface area contributed by atoms with E-state index in [0.717, 1.165) is 54.2 Å².